The van der Waals surface area contributed by atoms with Crippen molar-refractivity contribution in [2.24, 2.45) is 0 Å². The summed E-state index contributed by atoms with van der Waals surface area (Å²) in [5.74, 6) is -1.38. The van der Waals surface area contributed by atoms with Gasteiger partial charge in [0, 0.05) is 11.9 Å². The van der Waals surface area contributed by atoms with Crippen LogP contribution in [0.5, 0.6) is 0 Å². The van der Waals surface area contributed by atoms with E-state index in [1.54, 1.807) is 12.1 Å². The minimum atomic E-state index is -1.09. The van der Waals surface area contributed by atoms with E-state index in [4.69, 9.17) is 5.11 Å². The molecule has 1 aromatic carbocycles. The van der Waals surface area contributed by atoms with Crippen LogP contribution in [0.2, 0.25) is 0 Å². The smallest absolute Gasteiger partial charge is 0.337 e. The summed E-state index contributed by atoms with van der Waals surface area (Å²) in [6.07, 6.45) is 1.40. The van der Waals surface area contributed by atoms with Crippen molar-refractivity contribution in [2.45, 2.75) is 13.3 Å². The number of nitrogens with one attached hydrogen (secondary N) is 1. The SMILES string of the molecule is Cc1ccc(NC(=O)Cc2ncccc2C(=O)O)cc1. The third kappa shape index (κ3) is 3.41. The van der Waals surface area contributed by atoms with Crippen molar-refractivity contribution in [3.63, 3.8) is 0 Å². The molecule has 0 fully saturated rings. The standard InChI is InChI=1S/C15H14N2O3/c1-10-4-6-11(7-5-10)17-14(18)9-13-12(15(19)20)3-2-8-16-13/h2-8H,9H2,1H3,(H,17,18)(H,19,20). The zero-order chi connectivity index (χ0) is 14.5. The largest absolute Gasteiger partial charge is 0.478 e. The fourth-order valence-corrected chi connectivity index (χ4v) is 1.77. The molecule has 20 heavy (non-hydrogen) atoms. The number of nitrogens with zero attached hydrogens (tertiary/aromatic N) is 1. The minimum absolute atomic E-state index is 0.0477. The van der Waals surface area contributed by atoms with E-state index in [0.29, 0.717) is 5.69 Å². The monoisotopic (exact) mass is 270 g/mol. The van der Waals surface area contributed by atoms with Gasteiger partial charge in [-0.1, -0.05) is 17.7 Å². The molecule has 0 saturated carbocycles. The van der Waals surface area contributed by atoms with Crippen molar-refractivity contribution < 1.29 is 14.7 Å². The molecule has 102 valence electrons. The van der Waals surface area contributed by atoms with Crippen molar-refractivity contribution in [3.05, 3.63) is 59.4 Å². The lowest BCUT2D eigenvalue weighted by molar-refractivity contribution is -0.115. The number of anilines is 1. The summed E-state index contributed by atoms with van der Waals surface area (Å²) in [5, 5.41) is 11.7. The van der Waals surface area contributed by atoms with Gasteiger partial charge in [0.1, 0.15) is 0 Å². The Kier molecular flexibility index (Phi) is 4.10. The van der Waals surface area contributed by atoms with Gasteiger partial charge in [-0.15, -0.1) is 0 Å². The van der Waals surface area contributed by atoms with Crippen molar-refractivity contribution in [1.82, 2.24) is 4.98 Å². The lowest BCUT2D eigenvalue weighted by Gasteiger charge is -2.07. The van der Waals surface area contributed by atoms with Crippen LogP contribution >= 0.6 is 0 Å². The topological polar surface area (TPSA) is 79.3 Å². The Hall–Kier alpha value is -2.69. The number of carboxylic acids is 1. The maximum atomic E-state index is 11.9. The molecule has 1 aromatic heterocycles. The molecule has 5 nitrogen and oxygen atoms in total. The van der Waals surface area contributed by atoms with E-state index in [1.807, 2.05) is 19.1 Å². The molecule has 0 aliphatic carbocycles. The van der Waals surface area contributed by atoms with Crippen LogP contribution in [0.1, 0.15) is 21.6 Å². The maximum absolute atomic E-state index is 11.9. The number of carbonyl (C=O) groups is 2. The van der Waals surface area contributed by atoms with Gasteiger partial charge in [0.25, 0.3) is 0 Å². The highest BCUT2D eigenvalue weighted by molar-refractivity contribution is 5.95. The molecule has 0 aliphatic rings. The van der Waals surface area contributed by atoms with Crippen molar-refractivity contribution >= 4 is 17.6 Å². The summed E-state index contributed by atoms with van der Waals surface area (Å²) in [4.78, 5) is 26.9. The van der Waals surface area contributed by atoms with E-state index in [9.17, 15) is 9.59 Å². The first-order chi connectivity index (χ1) is 9.56. The van der Waals surface area contributed by atoms with Crippen LogP contribution in [0.4, 0.5) is 5.69 Å². The molecule has 2 rings (SSSR count). The molecule has 5 heteroatoms. The first kappa shape index (κ1) is 13.7. The second-order valence-corrected chi connectivity index (χ2v) is 4.39. The second kappa shape index (κ2) is 5.97. The summed E-state index contributed by atoms with van der Waals surface area (Å²) in [6.45, 7) is 1.96. The van der Waals surface area contributed by atoms with E-state index < -0.39 is 5.97 Å². The Bertz CT molecular complexity index is 636. The Morgan fingerprint density at radius 2 is 1.90 bits per heavy atom. The zero-order valence-electron chi connectivity index (χ0n) is 11.0. The highest BCUT2D eigenvalue weighted by atomic mass is 16.4. The van der Waals surface area contributed by atoms with Gasteiger partial charge in [0.15, 0.2) is 0 Å². The van der Waals surface area contributed by atoms with Gasteiger partial charge < -0.3 is 10.4 Å². The van der Waals surface area contributed by atoms with Gasteiger partial charge in [-0.25, -0.2) is 4.79 Å². The van der Waals surface area contributed by atoms with E-state index in [0.717, 1.165) is 5.56 Å². The van der Waals surface area contributed by atoms with Crippen LogP contribution in [0, 0.1) is 6.92 Å². The predicted molar refractivity (Wildman–Crippen MR) is 74.7 cm³/mol. The molecule has 0 aliphatic heterocycles. The number of amides is 1. The van der Waals surface area contributed by atoms with Crippen molar-refractivity contribution in [3.8, 4) is 0 Å². The van der Waals surface area contributed by atoms with Crippen LogP contribution in [0.15, 0.2) is 42.6 Å². The Morgan fingerprint density at radius 1 is 1.20 bits per heavy atom. The number of carbonyl (C=O) groups excluding carboxylic acids is 1. The van der Waals surface area contributed by atoms with Crippen LogP contribution in [0.25, 0.3) is 0 Å². The van der Waals surface area contributed by atoms with Gasteiger partial charge in [-0.3, -0.25) is 9.78 Å². The third-order valence-electron chi connectivity index (χ3n) is 2.78. The zero-order valence-corrected chi connectivity index (χ0v) is 11.0. The molecule has 0 atom stereocenters. The quantitative estimate of drug-likeness (QED) is 0.893. The van der Waals surface area contributed by atoms with Crippen LogP contribution in [-0.2, 0) is 11.2 Å². The lowest BCUT2D eigenvalue weighted by Crippen LogP contribution is -2.17. The van der Waals surface area contributed by atoms with Crippen molar-refractivity contribution in [1.29, 1.82) is 0 Å². The molecule has 0 spiro atoms. The Balaban J connectivity index is 2.08. The number of carboxylic acid groups (broad SMARTS) is 1. The highest BCUT2D eigenvalue weighted by Crippen LogP contribution is 2.11. The van der Waals surface area contributed by atoms with Crippen molar-refractivity contribution in [2.75, 3.05) is 5.32 Å². The molecule has 2 N–H and O–H groups in total. The highest BCUT2D eigenvalue weighted by Gasteiger charge is 2.14. The molecule has 0 bridgehead atoms. The number of hydrogen-bond donors (Lipinski definition) is 2. The maximum Gasteiger partial charge on any atom is 0.337 e. The number of pyridine rings is 1. The molecule has 2 aromatic rings. The van der Waals surface area contributed by atoms with Crippen LogP contribution in [0.3, 0.4) is 0 Å². The number of aryl methyl sites for hydroxylation is 1. The van der Waals surface area contributed by atoms with Gasteiger partial charge in [-0.2, -0.15) is 0 Å². The fraction of sp³-hybridized carbons (Fsp3) is 0.133. The van der Waals surface area contributed by atoms with Gasteiger partial charge >= 0.3 is 5.97 Å². The van der Waals surface area contributed by atoms with E-state index in [1.165, 1.54) is 18.3 Å². The number of benzene rings is 1. The number of aromatic carboxylic acids is 1. The van der Waals surface area contributed by atoms with E-state index in [2.05, 4.69) is 10.3 Å². The molecule has 1 heterocycles. The molecule has 0 unspecified atom stereocenters. The van der Waals surface area contributed by atoms with Gasteiger partial charge in [0.2, 0.25) is 5.91 Å². The molecule has 0 saturated heterocycles. The molecular weight excluding hydrogens is 256 g/mol. The summed E-state index contributed by atoms with van der Waals surface area (Å²) in [7, 11) is 0. The number of hydrogen-bond acceptors (Lipinski definition) is 3. The fourth-order valence-electron chi connectivity index (χ4n) is 1.77. The van der Waals surface area contributed by atoms with Gasteiger partial charge in [0.05, 0.1) is 17.7 Å². The number of aromatic nitrogens is 1. The van der Waals surface area contributed by atoms with E-state index >= 15 is 0 Å². The summed E-state index contributed by atoms with van der Waals surface area (Å²) < 4.78 is 0. The second-order valence-electron chi connectivity index (χ2n) is 4.39. The summed E-state index contributed by atoms with van der Waals surface area (Å²) >= 11 is 0. The Morgan fingerprint density at radius 3 is 2.55 bits per heavy atom. The van der Waals surface area contributed by atoms with E-state index in [-0.39, 0.29) is 23.6 Å². The average molecular weight is 270 g/mol. The summed E-state index contributed by atoms with van der Waals surface area (Å²) in [5.41, 5.74) is 2.07. The van der Waals surface area contributed by atoms with Crippen LogP contribution < -0.4 is 5.32 Å². The first-order valence-corrected chi connectivity index (χ1v) is 6.10. The van der Waals surface area contributed by atoms with Gasteiger partial charge in [-0.05, 0) is 31.2 Å². The Labute approximate surface area is 116 Å². The number of rotatable bonds is 4. The predicted octanol–water partition coefficient (Wildman–Crippen LogP) is 2.27. The lowest BCUT2D eigenvalue weighted by atomic mass is 10.1. The third-order valence-corrected chi connectivity index (χ3v) is 2.78. The normalized spacial score (nSPS) is 10.1. The molecule has 0 radical (unpaired) electrons. The minimum Gasteiger partial charge on any atom is -0.478 e. The van der Waals surface area contributed by atoms with Crippen LogP contribution in [-0.4, -0.2) is 22.0 Å². The average Bonchev–Trinajstić information content (AvgIpc) is 2.41. The summed E-state index contributed by atoms with van der Waals surface area (Å²) in [6, 6.07) is 10.3. The molecular formula is C15H14N2O3. The molecule has 1 amide bonds. The first-order valence-electron chi connectivity index (χ1n) is 6.10.